The molecule has 1 heterocycles. The molecule has 0 saturated carbocycles. The molecule has 1 aliphatic rings. The molecular formula is C6H13NO5P+. The predicted octanol–water partition coefficient (Wildman–Crippen LogP) is -0.158. The van der Waals surface area contributed by atoms with E-state index in [4.69, 9.17) is 19.5 Å². The quantitative estimate of drug-likeness (QED) is 0.448. The van der Waals surface area contributed by atoms with Crippen molar-refractivity contribution in [1.82, 2.24) is 5.32 Å². The molecule has 1 fully saturated rings. The minimum Gasteiger partial charge on any atom is -0.480 e. The molecule has 13 heavy (non-hydrogen) atoms. The van der Waals surface area contributed by atoms with Crippen LogP contribution in [0.25, 0.3) is 0 Å². The Balaban J connectivity index is 0.000000310. The van der Waals surface area contributed by atoms with Gasteiger partial charge in [-0.05, 0) is 19.4 Å². The fourth-order valence-corrected chi connectivity index (χ4v) is 1.06. The van der Waals surface area contributed by atoms with Gasteiger partial charge in [-0.15, -0.1) is 9.79 Å². The number of piperidine rings is 1. The molecule has 0 bridgehead atoms. The van der Waals surface area contributed by atoms with Gasteiger partial charge < -0.3 is 10.4 Å². The average Bonchev–Trinajstić information content (AvgIpc) is 2.05. The standard InChI is InChI=1S/C6H11NO2.HO3P/c8-6(9)5-3-1-2-4-7-5;1-4(2)3/h5,7H,1-4H2,(H,8,9);(H-,1,2,3)/p+1. The van der Waals surface area contributed by atoms with Crippen molar-refractivity contribution in [2.24, 2.45) is 0 Å². The SMILES string of the molecule is O=C(O)C1CCCCN1.O=[P+](O)O. The number of carboxylic acid groups (broad SMARTS) is 1. The lowest BCUT2D eigenvalue weighted by Gasteiger charge is -2.18. The number of carbonyl (C=O) groups is 1. The molecule has 4 N–H and O–H groups in total. The van der Waals surface area contributed by atoms with Crippen molar-refractivity contribution in [3.8, 4) is 0 Å². The second kappa shape index (κ2) is 6.91. The van der Waals surface area contributed by atoms with Gasteiger partial charge in [-0.3, -0.25) is 4.79 Å². The lowest BCUT2D eigenvalue weighted by atomic mass is 10.1. The van der Waals surface area contributed by atoms with Crippen molar-refractivity contribution >= 4 is 14.2 Å². The smallest absolute Gasteiger partial charge is 0.480 e. The van der Waals surface area contributed by atoms with E-state index in [0.29, 0.717) is 0 Å². The van der Waals surface area contributed by atoms with Gasteiger partial charge in [0.15, 0.2) is 0 Å². The molecule has 1 saturated heterocycles. The fraction of sp³-hybridized carbons (Fsp3) is 0.833. The van der Waals surface area contributed by atoms with E-state index in [-0.39, 0.29) is 6.04 Å². The maximum absolute atomic E-state index is 10.3. The van der Waals surface area contributed by atoms with Gasteiger partial charge in [0.1, 0.15) is 6.04 Å². The van der Waals surface area contributed by atoms with E-state index in [1.165, 1.54) is 0 Å². The molecule has 76 valence electrons. The van der Waals surface area contributed by atoms with Crippen LogP contribution in [0.4, 0.5) is 0 Å². The number of nitrogens with one attached hydrogen (secondary N) is 1. The van der Waals surface area contributed by atoms with Crippen molar-refractivity contribution in [3.63, 3.8) is 0 Å². The Hall–Kier alpha value is -0.550. The fourth-order valence-electron chi connectivity index (χ4n) is 1.06. The molecule has 1 unspecified atom stereocenters. The molecule has 0 aromatic rings. The molecule has 0 spiro atoms. The highest BCUT2D eigenvalue weighted by Gasteiger charge is 2.18. The van der Waals surface area contributed by atoms with Gasteiger partial charge >= 0.3 is 14.2 Å². The molecule has 1 atom stereocenters. The highest BCUT2D eigenvalue weighted by Crippen LogP contribution is 2.05. The Morgan fingerprint density at radius 2 is 1.92 bits per heavy atom. The molecule has 0 aliphatic carbocycles. The average molecular weight is 210 g/mol. The highest BCUT2D eigenvalue weighted by molar-refractivity contribution is 7.30. The third-order valence-electron chi connectivity index (χ3n) is 1.61. The van der Waals surface area contributed by atoms with Crippen LogP contribution in [-0.2, 0) is 9.36 Å². The summed E-state index contributed by atoms with van der Waals surface area (Å²) in [6.07, 6.45) is 2.95. The summed E-state index contributed by atoms with van der Waals surface area (Å²) in [5.74, 6) is -0.713. The largest absolute Gasteiger partial charge is 0.692 e. The van der Waals surface area contributed by atoms with Crippen LogP contribution in [0.1, 0.15) is 19.3 Å². The van der Waals surface area contributed by atoms with Crippen LogP contribution in [0, 0.1) is 0 Å². The Morgan fingerprint density at radius 1 is 1.38 bits per heavy atom. The van der Waals surface area contributed by atoms with E-state index in [2.05, 4.69) is 5.32 Å². The molecule has 0 aromatic heterocycles. The monoisotopic (exact) mass is 210 g/mol. The number of aliphatic carboxylic acids is 1. The Kier molecular flexibility index (Phi) is 6.62. The summed E-state index contributed by atoms with van der Waals surface area (Å²) in [4.78, 5) is 24.5. The van der Waals surface area contributed by atoms with Crippen LogP contribution in [0.2, 0.25) is 0 Å². The van der Waals surface area contributed by atoms with Crippen LogP contribution in [0.3, 0.4) is 0 Å². The van der Waals surface area contributed by atoms with E-state index < -0.39 is 14.2 Å². The number of hydrogen-bond donors (Lipinski definition) is 4. The molecular weight excluding hydrogens is 197 g/mol. The Labute approximate surface area is 76.5 Å². The first-order valence-electron chi connectivity index (χ1n) is 3.85. The van der Waals surface area contributed by atoms with Crippen LogP contribution in [0.15, 0.2) is 0 Å². The number of carboxylic acids is 1. The summed E-state index contributed by atoms with van der Waals surface area (Å²) in [6, 6.07) is -0.279. The van der Waals surface area contributed by atoms with Crippen LogP contribution < -0.4 is 5.32 Å². The van der Waals surface area contributed by atoms with E-state index in [0.717, 1.165) is 25.8 Å². The highest BCUT2D eigenvalue weighted by atomic mass is 31.1. The zero-order valence-electron chi connectivity index (χ0n) is 7.01. The zero-order valence-corrected chi connectivity index (χ0v) is 7.91. The summed E-state index contributed by atoms with van der Waals surface area (Å²) < 4.78 is 8.70. The maximum atomic E-state index is 10.3. The van der Waals surface area contributed by atoms with E-state index >= 15 is 0 Å². The van der Waals surface area contributed by atoms with Gasteiger partial charge in [-0.25, -0.2) is 0 Å². The maximum Gasteiger partial charge on any atom is 0.692 e. The summed E-state index contributed by atoms with van der Waals surface area (Å²) >= 11 is 0. The summed E-state index contributed by atoms with van der Waals surface area (Å²) in [5.41, 5.74) is 0. The molecule has 1 rings (SSSR count). The first-order valence-corrected chi connectivity index (χ1v) is 5.01. The van der Waals surface area contributed by atoms with Gasteiger partial charge in [0.25, 0.3) is 0 Å². The first-order chi connectivity index (χ1) is 6.04. The molecule has 0 amide bonds. The molecule has 0 aromatic carbocycles. The topological polar surface area (TPSA) is 107 Å². The van der Waals surface area contributed by atoms with Gasteiger partial charge in [-0.1, -0.05) is 6.42 Å². The Bertz CT molecular complexity index is 176. The van der Waals surface area contributed by atoms with Crippen LogP contribution >= 0.6 is 8.25 Å². The summed E-state index contributed by atoms with van der Waals surface area (Å²) in [7, 11) is -2.87. The lowest BCUT2D eigenvalue weighted by molar-refractivity contribution is -0.140. The van der Waals surface area contributed by atoms with E-state index in [1.807, 2.05) is 0 Å². The van der Waals surface area contributed by atoms with Crippen molar-refractivity contribution in [3.05, 3.63) is 0 Å². The molecule has 1 aliphatic heterocycles. The summed E-state index contributed by atoms with van der Waals surface area (Å²) in [5, 5.41) is 11.4. The van der Waals surface area contributed by atoms with Crippen molar-refractivity contribution < 1.29 is 24.3 Å². The predicted molar refractivity (Wildman–Crippen MR) is 45.3 cm³/mol. The summed E-state index contributed by atoms with van der Waals surface area (Å²) in [6.45, 7) is 0.858. The number of hydrogen-bond acceptors (Lipinski definition) is 3. The normalized spacial score (nSPS) is 21.2. The minimum absolute atomic E-state index is 0.279. The van der Waals surface area contributed by atoms with Gasteiger partial charge in [0, 0.05) is 4.57 Å². The van der Waals surface area contributed by atoms with Gasteiger partial charge in [0.05, 0.1) is 0 Å². The van der Waals surface area contributed by atoms with Crippen molar-refractivity contribution in [2.45, 2.75) is 25.3 Å². The molecule has 0 radical (unpaired) electrons. The minimum atomic E-state index is -2.87. The lowest BCUT2D eigenvalue weighted by Crippen LogP contribution is -2.40. The molecule has 7 heteroatoms. The number of rotatable bonds is 1. The van der Waals surface area contributed by atoms with Gasteiger partial charge in [0.2, 0.25) is 0 Å². The van der Waals surface area contributed by atoms with Crippen LogP contribution in [-0.4, -0.2) is 33.4 Å². The molecule has 6 nitrogen and oxygen atoms in total. The van der Waals surface area contributed by atoms with Crippen molar-refractivity contribution in [1.29, 1.82) is 0 Å². The third-order valence-corrected chi connectivity index (χ3v) is 1.61. The zero-order chi connectivity index (χ0) is 10.3. The van der Waals surface area contributed by atoms with Crippen LogP contribution in [0.5, 0.6) is 0 Å². The van der Waals surface area contributed by atoms with Gasteiger partial charge in [-0.2, -0.15) is 0 Å². The second-order valence-corrected chi connectivity index (χ2v) is 3.10. The Morgan fingerprint density at radius 3 is 2.15 bits per heavy atom. The van der Waals surface area contributed by atoms with Crippen molar-refractivity contribution in [2.75, 3.05) is 6.54 Å². The third kappa shape index (κ3) is 7.80. The van der Waals surface area contributed by atoms with E-state index in [1.54, 1.807) is 0 Å². The van der Waals surface area contributed by atoms with E-state index in [9.17, 15) is 4.79 Å². The second-order valence-electron chi connectivity index (χ2n) is 2.59. The first kappa shape index (κ1) is 12.4.